The lowest BCUT2D eigenvalue weighted by atomic mass is 10.1. The van der Waals surface area contributed by atoms with E-state index in [9.17, 15) is 9.90 Å². The SMILES string of the molecule is CC1OCCC1NC(=O)c1ccc(N)c(O)c1. The van der Waals surface area contributed by atoms with Crippen LogP contribution in [0.15, 0.2) is 18.2 Å². The van der Waals surface area contributed by atoms with E-state index in [1.54, 1.807) is 6.07 Å². The number of benzene rings is 1. The monoisotopic (exact) mass is 236 g/mol. The summed E-state index contributed by atoms with van der Waals surface area (Å²) >= 11 is 0. The molecule has 0 radical (unpaired) electrons. The maximum atomic E-state index is 11.9. The van der Waals surface area contributed by atoms with Crippen LogP contribution in [0.25, 0.3) is 0 Å². The molecule has 92 valence electrons. The highest BCUT2D eigenvalue weighted by atomic mass is 16.5. The van der Waals surface area contributed by atoms with Crippen LogP contribution < -0.4 is 11.1 Å². The molecule has 1 saturated heterocycles. The van der Waals surface area contributed by atoms with Gasteiger partial charge in [-0.3, -0.25) is 4.79 Å². The Labute approximate surface area is 99.6 Å². The van der Waals surface area contributed by atoms with Crippen LogP contribution in [0, 0.1) is 0 Å². The number of carbonyl (C=O) groups excluding carboxylic acids is 1. The first kappa shape index (κ1) is 11.7. The van der Waals surface area contributed by atoms with E-state index in [0.717, 1.165) is 6.42 Å². The second kappa shape index (κ2) is 4.63. The fourth-order valence-electron chi connectivity index (χ4n) is 1.86. The van der Waals surface area contributed by atoms with Gasteiger partial charge in [0.1, 0.15) is 5.75 Å². The molecule has 0 aliphatic carbocycles. The van der Waals surface area contributed by atoms with Crippen molar-refractivity contribution in [1.82, 2.24) is 5.32 Å². The highest BCUT2D eigenvalue weighted by Gasteiger charge is 2.26. The molecule has 1 aliphatic rings. The number of hydrogen-bond donors (Lipinski definition) is 3. The zero-order valence-electron chi connectivity index (χ0n) is 9.64. The Balaban J connectivity index is 2.06. The molecule has 1 fully saturated rings. The summed E-state index contributed by atoms with van der Waals surface area (Å²) in [4.78, 5) is 11.9. The quantitative estimate of drug-likeness (QED) is 0.525. The second-order valence-electron chi connectivity index (χ2n) is 4.22. The maximum Gasteiger partial charge on any atom is 0.251 e. The smallest absolute Gasteiger partial charge is 0.251 e. The molecule has 0 aromatic heterocycles. The van der Waals surface area contributed by atoms with Crippen LogP contribution in [-0.4, -0.2) is 29.8 Å². The van der Waals surface area contributed by atoms with Crippen molar-refractivity contribution < 1.29 is 14.6 Å². The van der Waals surface area contributed by atoms with Crippen molar-refractivity contribution in [2.45, 2.75) is 25.5 Å². The lowest BCUT2D eigenvalue weighted by Gasteiger charge is -2.16. The molecule has 17 heavy (non-hydrogen) atoms. The average molecular weight is 236 g/mol. The van der Waals surface area contributed by atoms with Crippen LogP contribution in [0.1, 0.15) is 23.7 Å². The minimum Gasteiger partial charge on any atom is -0.506 e. The van der Waals surface area contributed by atoms with Gasteiger partial charge in [0.2, 0.25) is 0 Å². The summed E-state index contributed by atoms with van der Waals surface area (Å²) < 4.78 is 5.36. The van der Waals surface area contributed by atoms with E-state index in [0.29, 0.717) is 12.2 Å². The molecule has 1 aromatic rings. The number of rotatable bonds is 2. The number of nitrogen functional groups attached to an aromatic ring is 1. The molecule has 5 heteroatoms. The first-order chi connectivity index (χ1) is 8.08. The Hall–Kier alpha value is -1.75. The van der Waals surface area contributed by atoms with Gasteiger partial charge in [0.25, 0.3) is 5.91 Å². The molecule has 1 heterocycles. The Bertz CT molecular complexity index is 434. The number of anilines is 1. The Kier molecular flexibility index (Phi) is 3.19. The Morgan fingerprint density at radius 1 is 1.59 bits per heavy atom. The van der Waals surface area contributed by atoms with Crippen molar-refractivity contribution in [3.8, 4) is 5.75 Å². The third-order valence-electron chi connectivity index (χ3n) is 2.99. The molecule has 1 aliphatic heterocycles. The van der Waals surface area contributed by atoms with Gasteiger partial charge in [0.15, 0.2) is 0 Å². The fraction of sp³-hybridized carbons (Fsp3) is 0.417. The van der Waals surface area contributed by atoms with Gasteiger partial charge in [-0.1, -0.05) is 0 Å². The highest BCUT2D eigenvalue weighted by molar-refractivity contribution is 5.95. The van der Waals surface area contributed by atoms with Gasteiger partial charge in [-0.15, -0.1) is 0 Å². The summed E-state index contributed by atoms with van der Waals surface area (Å²) in [5.41, 5.74) is 6.13. The summed E-state index contributed by atoms with van der Waals surface area (Å²) in [6.45, 7) is 2.59. The van der Waals surface area contributed by atoms with Crippen LogP contribution >= 0.6 is 0 Å². The second-order valence-corrected chi connectivity index (χ2v) is 4.22. The predicted octanol–water partition coefficient (Wildman–Crippen LogP) is 0.882. The van der Waals surface area contributed by atoms with Gasteiger partial charge in [-0.05, 0) is 31.5 Å². The molecule has 2 rings (SSSR count). The molecule has 4 N–H and O–H groups in total. The summed E-state index contributed by atoms with van der Waals surface area (Å²) in [5.74, 6) is -0.295. The van der Waals surface area contributed by atoms with Crippen molar-refractivity contribution in [3.05, 3.63) is 23.8 Å². The lowest BCUT2D eigenvalue weighted by Crippen LogP contribution is -2.39. The van der Waals surface area contributed by atoms with Crippen LogP contribution in [0.2, 0.25) is 0 Å². The van der Waals surface area contributed by atoms with Gasteiger partial charge < -0.3 is 20.9 Å². The van der Waals surface area contributed by atoms with Crippen LogP contribution in [-0.2, 0) is 4.74 Å². The summed E-state index contributed by atoms with van der Waals surface area (Å²) in [5, 5.41) is 12.3. The lowest BCUT2D eigenvalue weighted by molar-refractivity contribution is 0.0866. The first-order valence-electron chi connectivity index (χ1n) is 5.59. The van der Waals surface area contributed by atoms with Crippen molar-refractivity contribution in [1.29, 1.82) is 0 Å². The van der Waals surface area contributed by atoms with Gasteiger partial charge in [0, 0.05) is 12.2 Å². The van der Waals surface area contributed by atoms with E-state index in [-0.39, 0.29) is 29.5 Å². The minimum atomic E-state index is -0.220. The Morgan fingerprint density at radius 3 is 2.94 bits per heavy atom. The van der Waals surface area contributed by atoms with Crippen LogP contribution in [0.3, 0.4) is 0 Å². The molecule has 2 unspecified atom stereocenters. The van der Waals surface area contributed by atoms with Crippen molar-refractivity contribution in [2.24, 2.45) is 0 Å². The Morgan fingerprint density at radius 2 is 2.35 bits per heavy atom. The van der Waals surface area contributed by atoms with E-state index < -0.39 is 0 Å². The number of nitrogens with two attached hydrogens (primary N) is 1. The van der Waals surface area contributed by atoms with E-state index in [2.05, 4.69) is 5.32 Å². The fourth-order valence-corrected chi connectivity index (χ4v) is 1.86. The van der Waals surface area contributed by atoms with Gasteiger partial charge in [0.05, 0.1) is 17.8 Å². The largest absolute Gasteiger partial charge is 0.506 e. The molecule has 5 nitrogen and oxygen atoms in total. The summed E-state index contributed by atoms with van der Waals surface area (Å²) in [6.07, 6.45) is 0.842. The van der Waals surface area contributed by atoms with Gasteiger partial charge in [-0.2, -0.15) is 0 Å². The minimum absolute atomic E-state index is 0.0290. The van der Waals surface area contributed by atoms with Crippen molar-refractivity contribution >= 4 is 11.6 Å². The zero-order valence-corrected chi connectivity index (χ0v) is 9.64. The summed E-state index contributed by atoms with van der Waals surface area (Å²) in [7, 11) is 0. The first-order valence-corrected chi connectivity index (χ1v) is 5.59. The molecule has 0 bridgehead atoms. The molecular formula is C12H16N2O3. The number of hydrogen-bond acceptors (Lipinski definition) is 4. The number of aromatic hydroxyl groups is 1. The zero-order chi connectivity index (χ0) is 12.4. The topological polar surface area (TPSA) is 84.6 Å². The number of carbonyl (C=O) groups is 1. The maximum absolute atomic E-state index is 11.9. The van der Waals surface area contributed by atoms with E-state index in [1.165, 1.54) is 12.1 Å². The van der Waals surface area contributed by atoms with Gasteiger partial charge >= 0.3 is 0 Å². The predicted molar refractivity (Wildman–Crippen MR) is 63.8 cm³/mol. The van der Waals surface area contributed by atoms with Gasteiger partial charge in [-0.25, -0.2) is 0 Å². The number of phenols is 1. The normalized spacial score (nSPS) is 23.6. The summed E-state index contributed by atoms with van der Waals surface area (Å²) in [6, 6.07) is 4.50. The molecule has 1 amide bonds. The number of phenolic OH excluding ortho intramolecular Hbond substituents is 1. The van der Waals surface area contributed by atoms with Crippen LogP contribution in [0.5, 0.6) is 5.75 Å². The number of ether oxygens (including phenoxy) is 1. The molecule has 1 aromatic carbocycles. The van der Waals surface area contributed by atoms with Crippen LogP contribution in [0.4, 0.5) is 5.69 Å². The van der Waals surface area contributed by atoms with E-state index >= 15 is 0 Å². The molecular weight excluding hydrogens is 220 g/mol. The third-order valence-corrected chi connectivity index (χ3v) is 2.99. The molecule has 0 saturated carbocycles. The average Bonchev–Trinajstić information content (AvgIpc) is 2.68. The van der Waals surface area contributed by atoms with Crippen molar-refractivity contribution in [3.63, 3.8) is 0 Å². The molecule has 0 spiro atoms. The standard InChI is InChI=1S/C12H16N2O3/c1-7-10(4-5-17-7)14-12(16)8-2-3-9(13)11(15)6-8/h2-3,6-7,10,15H,4-5,13H2,1H3,(H,14,16). The third kappa shape index (κ3) is 2.50. The van der Waals surface area contributed by atoms with E-state index in [4.69, 9.17) is 10.5 Å². The number of nitrogens with one attached hydrogen (secondary N) is 1. The molecule has 2 atom stereocenters. The highest BCUT2D eigenvalue weighted by Crippen LogP contribution is 2.21. The van der Waals surface area contributed by atoms with E-state index in [1.807, 2.05) is 6.92 Å². The number of amides is 1. The van der Waals surface area contributed by atoms with Crippen molar-refractivity contribution in [2.75, 3.05) is 12.3 Å².